The van der Waals surface area contributed by atoms with Gasteiger partial charge in [-0.25, -0.2) is 4.39 Å². The van der Waals surface area contributed by atoms with Crippen molar-refractivity contribution in [1.29, 1.82) is 0 Å². The Balaban J connectivity index is 2.44. The molecular formula is C11H6BrFN. The number of aromatic nitrogens is 1. The van der Waals surface area contributed by atoms with E-state index in [1.165, 1.54) is 12.1 Å². The zero-order chi connectivity index (χ0) is 9.97. The molecule has 3 heteroatoms. The van der Waals surface area contributed by atoms with Crippen molar-refractivity contribution in [2.45, 2.75) is 0 Å². The van der Waals surface area contributed by atoms with Gasteiger partial charge in [0.15, 0.2) is 0 Å². The third kappa shape index (κ3) is 1.99. The van der Waals surface area contributed by atoms with Crippen LogP contribution in [0.3, 0.4) is 0 Å². The lowest BCUT2D eigenvalue weighted by atomic mass is 10.1. The van der Waals surface area contributed by atoms with E-state index in [1.807, 2.05) is 6.07 Å². The topological polar surface area (TPSA) is 12.9 Å². The van der Waals surface area contributed by atoms with Gasteiger partial charge in [0.2, 0.25) is 0 Å². The van der Waals surface area contributed by atoms with Crippen molar-refractivity contribution in [1.82, 2.24) is 4.98 Å². The quantitative estimate of drug-likeness (QED) is 0.756. The Morgan fingerprint density at radius 2 is 1.93 bits per heavy atom. The van der Waals surface area contributed by atoms with Crippen LogP contribution in [0.4, 0.5) is 4.39 Å². The van der Waals surface area contributed by atoms with Gasteiger partial charge in [0.25, 0.3) is 0 Å². The Morgan fingerprint density at radius 3 is 2.57 bits per heavy atom. The van der Waals surface area contributed by atoms with E-state index >= 15 is 0 Å². The molecule has 0 saturated carbocycles. The van der Waals surface area contributed by atoms with E-state index in [0.29, 0.717) is 0 Å². The molecule has 0 bridgehead atoms. The van der Waals surface area contributed by atoms with Crippen molar-refractivity contribution in [2.24, 2.45) is 0 Å². The highest BCUT2D eigenvalue weighted by Crippen LogP contribution is 2.21. The van der Waals surface area contributed by atoms with Crippen molar-refractivity contribution in [3.63, 3.8) is 0 Å². The number of pyridine rings is 1. The molecule has 0 fully saturated rings. The van der Waals surface area contributed by atoms with E-state index < -0.39 is 0 Å². The minimum absolute atomic E-state index is 0.239. The third-order valence-corrected chi connectivity index (χ3v) is 2.24. The van der Waals surface area contributed by atoms with E-state index in [0.717, 1.165) is 15.6 Å². The number of rotatable bonds is 1. The van der Waals surface area contributed by atoms with Crippen LogP contribution in [0.2, 0.25) is 0 Å². The monoisotopic (exact) mass is 250 g/mol. The Hall–Kier alpha value is -1.22. The predicted molar refractivity (Wildman–Crippen MR) is 56.2 cm³/mol. The molecule has 1 aromatic carbocycles. The molecule has 69 valence electrons. The third-order valence-electron chi connectivity index (χ3n) is 1.81. The molecule has 0 atom stereocenters. The molecule has 0 aliphatic carbocycles. The van der Waals surface area contributed by atoms with E-state index in [4.69, 9.17) is 0 Å². The Labute approximate surface area is 89.7 Å². The number of benzene rings is 1. The van der Waals surface area contributed by atoms with Gasteiger partial charge in [-0.2, -0.15) is 0 Å². The molecule has 14 heavy (non-hydrogen) atoms. The molecule has 1 heterocycles. The summed E-state index contributed by atoms with van der Waals surface area (Å²) in [5.74, 6) is -0.239. The number of halogens is 2. The maximum absolute atomic E-state index is 12.6. The number of nitrogens with zero attached hydrogens (tertiary/aromatic N) is 1. The minimum atomic E-state index is -0.239. The molecule has 1 aromatic heterocycles. The van der Waals surface area contributed by atoms with E-state index in [-0.39, 0.29) is 5.82 Å². The molecule has 0 unspecified atom stereocenters. The van der Waals surface area contributed by atoms with Crippen LogP contribution in [0.1, 0.15) is 0 Å². The first-order valence-corrected chi connectivity index (χ1v) is 4.84. The second-order valence-corrected chi connectivity index (χ2v) is 3.74. The summed E-state index contributed by atoms with van der Waals surface area (Å²) in [6, 6.07) is 8.14. The van der Waals surface area contributed by atoms with Gasteiger partial charge >= 0.3 is 0 Å². The lowest BCUT2D eigenvalue weighted by Crippen LogP contribution is -1.81. The van der Waals surface area contributed by atoms with Gasteiger partial charge in [-0.1, -0.05) is 12.1 Å². The van der Waals surface area contributed by atoms with Gasteiger partial charge in [0.05, 0.1) is 6.20 Å². The smallest absolute Gasteiger partial charge is 0.123 e. The summed E-state index contributed by atoms with van der Waals surface area (Å²) in [5.41, 5.74) is 1.75. The molecular weight excluding hydrogens is 245 g/mol. The van der Waals surface area contributed by atoms with Crippen molar-refractivity contribution >= 4 is 15.9 Å². The van der Waals surface area contributed by atoms with Gasteiger partial charge in [0.1, 0.15) is 5.82 Å². The summed E-state index contributed by atoms with van der Waals surface area (Å²) in [6.07, 6.45) is 4.50. The standard InChI is InChI=1S/C11H6BrFN/c12-10-5-9(6-14-7-10)8-1-3-11(13)4-2-8/h1-5,7H. The van der Waals surface area contributed by atoms with E-state index in [9.17, 15) is 4.39 Å². The fourth-order valence-electron chi connectivity index (χ4n) is 1.15. The summed E-state index contributed by atoms with van der Waals surface area (Å²) in [7, 11) is 0. The van der Waals surface area contributed by atoms with Gasteiger partial charge in [-0.15, -0.1) is 0 Å². The molecule has 0 aliphatic heterocycles. The fraction of sp³-hybridized carbons (Fsp3) is 0. The van der Waals surface area contributed by atoms with Crippen molar-refractivity contribution in [2.75, 3.05) is 0 Å². The lowest BCUT2D eigenvalue weighted by molar-refractivity contribution is 0.628. The summed E-state index contributed by atoms with van der Waals surface area (Å²) >= 11 is 3.32. The van der Waals surface area contributed by atoms with Crippen molar-refractivity contribution in [3.8, 4) is 11.1 Å². The van der Waals surface area contributed by atoms with Crippen LogP contribution in [-0.2, 0) is 0 Å². The molecule has 0 spiro atoms. The van der Waals surface area contributed by atoms with E-state index in [1.54, 1.807) is 18.3 Å². The van der Waals surface area contributed by atoms with Crippen LogP contribution >= 0.6 is 15.9 Å². The van der Waals surface area contributed by atoms with Gasteiger partial charge in [-0.3, -0.25) is 4.98 Å². The van der Waals surface area contributed by atoms with Gasteiger partial charge in [0, 0.05) is 16.2 Å². The van der Waals surface area contributed by atoms with Gasteiger partial charge in [-0.05, 0) is 39.7 Å². The first kappa shape index (κ1) is 9.34. The Kier molecular flexibility index (Phi) is 2.59. The van der Waals surface area contributed by atoms with Gasteiger partial charge < -0.3 is 0 Å². The SMILES string of the molecule is Fc1ccc(-c2[c]ncc(Br)c2)cc1. The Morgan fingerprint density at radius 1 is 1.21 bits per heavy atom. The maximum atomic E-state index is 12.6. The largest absolute Gasteiger partial charge is 0.253 e. The molecule has 2 rings (SSSR count). The van der Waals surface area contributed by atoms with Crippen molar-refractivity contribution in [3.05, 3.63) is 53.0 Å². The molecule has 0 N–H and O–H groups in total. The average Bonchev–Trinajstić information content (AvgIpc) is 2.19. The maximum Gasteiger partial charge on any atom is 0.123 e. The lowest BCUT2D eigenvalue weighted by Gasteiger charge is -2.00. The summed E-state index contributed by atoms with van der Waals surface area (Å²) in [6.45, 7) is 0. The summed E-state index contributed by atoms with van der Waals surface area (Å²) < 4.78 is 13.5. The first-order chi connectivity index (χ1) is 6.75. The predicted octanol–water partition coefficient (Wildman–Crippen LogP) is 3.45. The number of hydrogen-bond donors (Lipinski definition) is 0. The molecule has 0 amide bonds. The fourth-order valence-corrected chi connectivity index (χ4v) is 1.48. The zero-order valence-electron chi connectivity index (χ0n) is 7.17. The average molecular weight is 251 g/mol. The van der Waals surface area contributed by atoms with Crippen molar-refractivity contribution < 1.29 is 4.39 Å². The highest BCUT2D eigenvalue weighted by atomic mass is 79.9. The molecule has 0 aliphatic rings. The molecule has 2 aromatic rings. The first-order valence-electron chi connectivity index (χ1n) is 4.05. The summed E-state index contributed by atoms with van der Waals surface area (Å²) in [4.78, 5) is 3.92. The molecule has 0 saturated heterocycles. The van der Waals surface area contributed by atoms with Crippen LogP contribution in [0, 0.1) is 12.0 Å². The molecule has 1 radical (unpaired) electrons. The minimum Gasteiger partial charge on any atom is -0.253 e. The highest BCUT2D eigenvalue weighted by molar-refractivity contribution is 9.10. The van der Waals surface area contributed by atoms with E-state index in [2.05, 4.69) is 27.1 Å². The zero-order valence-corrected chi connectivity index (χ0v) is 8.75. The second kappa shape index (κ2) is 3.88. The van der Waals surface area contributed by atoms with Crippen LogP contribution in [-0.4, -0.2) is 4.98 Å². The Bertz CT molecular complexity index is 439. The highest BCUT2D eigenvalue weighted by Gasteiger charge is 1.99. The van der Waals surface area contributed by atoms with Crippen LogP contribution in [0.15, 0.2) is 41.0 Å². The molecule has 1 nitrogen and oxygen atoms in total. The second-order valence-electron chi connectivity index (χ2n) is 2.82. The van der Waals surface area contributed by atoms with Crippen LogP contribution in [0.25, 0.3) is 11.1 Å². The summed E-state index contributed by atoms with van der Waals surface area (Å²) in [5, 5.41) is 0. The normalized spacial score (nSPS) is 10.1. The van der Waals surface area contributed by atoms with Crippen LogP contribution in [0.5, 0.6) is 0 Å². The number of hydrogen-bond acceptors (Lipinski definition) is 1. The van der Waals surface area contributed by atoms with Crippen LogP contribution < -0.4 is 0 Å².